The van der Waals surface area contributed by atoms with Gasteiger partial charge in [0.25, 0.3) is 0 Å². The molecule has 0 aliphatic rings. The standard InChI is InChI=1S/C17H11F3N4O/c18-17(19,20)14-5-1-3-12(9-14)7-8-16(25)13-4-2-6-15(10-13)24-11-21-22-23-24/h1-11H/b8-7+. The maximum atomic E-state index is 12.7. The van der Waals surface area contributed by atoms with Gasteiger partial charge in [0.1, 0.15) is 6.33 Å². The van der Waals surface area contributed by atoms with E-state index in [0.29, 0.717) is 16.8 Å². The van der Waals surface area contributed by atoms with E-state index in [1.807, 2.05) is 0 Å². The Morgan fingerprint density at radius 2 is 1.88 bits per heavy atom. The van der Waals surface area contributed by atoms with Crippen LogP contribution < -0.4 is 0 Å². The lowest BCUT2D eigenvalue weighted by Gasteiger charge is -2.06. The predicted octanol–water partition coefficient (Wildman–Crippen LogP) is 3.58. The molecule has 2 aromatic carbocycles. The Morgan fingerprint density at radius 3 is 2.60 bits per heavy atom. The molecule has 0 saturated carbocycles. The summed E-state index contributed by atoms with van der Waals surface area (Å²) in [6.45, 7) is 0. The first-order chi connectivity index (χ1) is 11.9. The highest BCUT2D eigenvalue weighted by molar-refractivity contribution is 6.07. The molecular weight excluding hydrogens is 333 g/mol. The van der Waals surface area contributed by atoms with Gasteiger partial charge in [0.15, 0.2) is 5.78 Å². The molecule has 0 bridgehead atoms. The van der Waals surface area contributed by atoms with Crippen LogP contribution in [0.25, 0.3) is 11.8 Å². The number of carbonyl (C=O) groups excluding carboxylic acids is 1. The Bertz CT molecular complexity index is 918. The first-order valence-corrected chi connectivity index (χ1v) is 7.16. The number of ketones is 1. The van der Waals surface area contributed by atoms with E-state index < -0.39 is 11.7 Å². The van der Waals surface area contributed by atoms with E-state index in [1.165, 1.54) is 35.3 Å². The van der Waals surface area contributed by atoms with Crippen LogP contribution >= 0.6 is 0 Å². The quantitative estimate of drug-likeness (QED) is 0.536. The van der Waals surface area contributed by atoms with Gasteiger partial charge in [-0.1, -0.05) is 30.3 Å². The SMILES string of the molecule is O=C(/C=C/c1cccc(C(F)(F)F)c1)c1cccc(-n2cnnn2)c1. The summed E-state index contributed by atoms with van der Waals surface area (Å²) in [6, 6.07) is 11.4. The summed E-state index contributed by atoms with van der Waals surface area (Å²) in [5.41, 5.74) is 0.502. The lowest BCUT2D eigenvalue weighted by molar-refractivity contribution is -0.137. The lowest BCUT2D eigenvalue weighted by atomic mass is 10.1. The molecule has 126 valence electrons. The molecule has 0 saturated heterocycles. The monoisotopic (exact) mass is 344 g/mol. The maximum absolute atomic E-state index is 12.7. The van der Waals surface area contributed by atoms with Crippen LogP contribution in [0.3, 0.4) is 0 Å². The highest BCUT2D eigenvalue weighted by atomic mass is 19.4. The Morgan fingerprint density at radius 1 is 1.08 bits per heavy atom. The molecule has 3 aromatic rings. The highest BCUT2D eigenvalue weighted by Crippen LogP contribution is 2.29. The van der Waals surface area contributed by atoms with Crippen LogP contribution in [0.15, 0.2) is 60.9 Å². The largest absolute Gasteiger partial charge is 0.416 e. The van der Waals surface area contributed by atoms with Crippen molar-refractivity contribution in [2.75, 3.05) is 0 Å². The van der Waals surface area contributed by atoms with Crippen molar-refractivity contribution in [1.29, 1.82) is 0 Å². The molecule has 0 amide bonds. The third-order valence-electron chi connectivity index (χ3n) is 3.39. The summed E-state index contributed by atoms with van der Waals surface area (Å²) in [5, 5.41) is 10.8. The molecule has 1 aromatic heterocycles. The van der Waals surface area contributed by atoms with Crippen LogP contribution in [0.2, 0.25) is 0 Å². The second-order valence-electron chi connectivity index (χ2n) is 5.13. The zero-order valence-corrected chi connectivity index (χ0v) is 12.7. The fraction of sp³-hybridized carbons (Fsp3) is 0.0588. The molecule has 0 radical (unpaired) electrons. The zero-order valence-electron chi connectivity index (χ0n) is 12.7. The minimum atomic E-state index is -4.42. The number of hydrogen-bond donors (Lipinski definition) is 0. The number of allylic oxidation sites excluding steroid dienone is 1. The molecule has 5 nitrogen and oxygen atoms in total. The van der Waals surface area contributed by atoms with Crippen molar-refractivity contribution < 1.29 is 18.0 Å². The van der Waals surface area contributed by atoms with Gasteiger partial charge in [-0.3, -0.25) is 4.79 Å². The summed E-state index contributed by atoms with van der Waals surface area (Å²) in [6.07, 6.45) is -0.453. The van der Waals surface area contributed by atoms with Gasteiger partial charge in [-0.2, -0.15) is 13.2 Å². The van der Waals surface area contributed by atoms with E-state index in [-0.39, 0.29) is 5.78 Å². The fourth-order valence-electron chi connectivity index (χ4n) is 2.17. The Labute approximate surface area is 140 Å². The number of rotatable bonds is 4. The van der Waals surface area contributed by atoms with E-state index in [2.05, 4.69) is 15.5 Å². The molecule has 0 N–H and O–H groups in total. The van der Waals surface area contributed by atoms with Crippen molar-refractivity contribution in [2.24, 2.45) is 0 Å². The first-order valence-electron chi connectivity index (χ1n) is 7.16. The lowest BCUT2D eigenvalue weighted by Crippen LogP contribution is -2.04. The van der Waals surface area contributed by atoms with Gasteiger partial charge in [0.2, 0.25) is 0 Å². The smallest absolute Gasteiger partial charge is 0.289 e. The highest BCUT2D eigenvalue weighted by Gasteiger charge is 2.30. The molecule has 0 unspecified atom stereocenters. The van der Waals surface area contributed by atoms with Gasteiger partial charge in [-0.25, -0.2) is 4.68 Å². The average molecular weight is 344 g/mol. The summed E-state index contributed by atoms with van der Waals surface area (Å²) in [4.78, 5) is 12.3. The second-order valence-corrected chi connectivity index (χ2v) is 5.13. The van der Waals surface area contributed by atoms with E-state index in [9.17, 15) is 18.0 Å². The number of aromatic nitrogens is 4. The van der Waals surface area contributed by atoms with Crippen LogP contribution in [0, 0.1) is 0 Å². The normalized spacial score (nSPS) is 11.8. The number of nitrogens with zero attached hydrogens (tertiary/aromatic N) is 4. The molecule has 0 aliphatic heterocycles. The molecule has 0 aliphatic carbocycles. The number of carbonyl (C=O) groups is 1. The van der Waals surface area contributed by atoms with Gasteiger partial charge in [0.05, 0.1) is 11.3 Å². The van der Waals surface area contributed by atoms with Gasteiger partial charge in [-0.05, 0) is 46.3 Å². The van der Waals surface area contributed by atoms with Crippen LogP contribution in [-0.4, -0.2) is 26.0 Å². The van der Waals surface area contributed by atoms with Crippen molar-refractivity contribution in [3.63, 3.8) is 0 Å². The molecule has 8 heteroatoms. The van der Waals surface area contributed by atoms with Gasteiger partial charge >= 0.3 is 6.18 Å². The number of benzene rings is 2. The summed E-state index contributed by atoms with van der Waals surface area (Å²) < 4.78 is 39.5. The third-order valence-corrected chi connectivity index (χ3v) is 3.39. The van der Waals surface area contributed by atoms with E-state index in [1.54, 1.807) is 24.3 Å². The van der Waals surface area contributed by atoms with Gasteiger partial charge in [0, 0.05) is 5.56 Å². The summed E-state index contributed by atoms with van der Waals surface area (Å²) in [5.74, 6) is -0.340. The van der Waals surface area contributed by atoms with Crippen molar-refractivity contribution in [3.05, 3.63) is 77.6 Å². The molecular formula is C17H11F3N4O. The Balaban J connectivity index is 1.81. The Hall–Kier alpha value is -3.29. The number of alkyl halides is 3. The van der Waals surface area contributed by atoms with Gasteiger partial charge < -0.3 is 0 Å². The summed E-state index contributed by atoms with van der Waals surface area (Å²) >= 11 is 0. The topological polar surface area (TPSA) is 60.7 Å². The van der Waals surface area contributed by atoms with E-state index >= 15 is 0 Å². The van der Waals surface area contributed by atoms with E-state index in [4.69, 9.17) is 0 Å². The summed E-state index contributed by atoms with van der Waals surface area (Å²) in [7, 11) is 0. The molecule has 25 heavy (non-hydrogen) atoms. The van der Waals surface area contributed by atoms with Crippen molar-refractivity contribution in [1.82, 2.24) is 20.2 Å². The minimum absolute atomic E-state index is 0.291. The third kappa shape index (κ3) is 3.97. The van der Waals surface area contributed by atoms with Gasteiger partial charge in [-0.15, -0.1) is 5.10 Å². The molecule has 0 atom stereocenters. The minimum Gasteiger partial charge on any atom is -0.289 e. The first kappa shape index (κ1) is 16.6. The molecule has 0 fully saturated rings. The fourth-order valence-corrected chi connectivity index (χ4v) is 2.17. The van der Waals surface area contributed by atoms with Crippen LogP contribution in [0.5, 0.6) is 0 Å². The molecule has 3 rings (SSSR count). The number of halogens is 3. The number of tetrazole rings is 1. The van der Waals surface area contributed by atoms with Crippen LogP contribution in [0.4, 0.5) is 13.2 Å². The average Bonchev–Trinajstić information content (AvgIpc) is 3.14. The predicted molar refractivity (Wildman–Crippen MR) is 84.0 cm³/mol. The zero-order chi connectivity index (χ0) is 17.9. The number of hydrogen-bond acceptors (Lipinski definition) is 4. The van der Waals surface area contributed by atoms with E-state index in [0.717, 1.165) is 12.1 Å². The van der Waals surface area contributed by atoms with Crippen molar-refractivity contribution in [2.45, 2.75) is 6.18 Å². The second kappa shape index (κ2) is 6.68. The molecule has 1 heterocycles. The van der Waals surface area contributed by atoms with Crippen molar-refractivity contribution in [3.8, 4) is 5.69 Å². The van der Waals surface area contributed by atoms with Crippen molar-refractivity contribution >= 4 is 11.9 Å². The van der Waals surface area contributed by atoms with Crippen LogP contribution in [-0.2, 0) is 6.18 Å². The Kier molecular flexibility index (Phi) is 4.42. The molecule has 0 spiro atoms. The van der Waals surface area contributed by atoms with Crippen LogP contribution in [0.1, 0.15) is 21.5 Å². The maximum Gasteiger partial charge on any atom is 0.416 e.